The van der Waals surface area contributed by atoms with Crippen molar-refractivity contribution >= 4 is 31.6 Å². The Hall–Kier alpha value is -1.48. The predicted octanol–water partition coefficient (Wildman–Crippen LogP) is 2.69. The standard InChI is InChI=1S/C18H21BrFN3O2S/c19-15-1-7-18(8-2-15)26(24,25)21-9-10-22-11-13-23(14-12-22)17-5-3-16(20)4-6-17/h1-8,21H,9-14H2. The monoisotopic (exact) mass is 441 g/mol. The third-order valence-corrected chi connectivity index (χ3v) is 6.41. The minimum Gasteiger partial charge on any atom is -0.369 e. The molecule has 0 unspecified atom stereocenters. The van der Waals surface area contributed by atoms with Gasteiger partial charge in [0.05, 0.1) is 4.90 Å². The molecule has 0 saturated carbocycles. The van der Waals surface area contributed by atoms with Crippen LogP contribution in [0.3, 0.4) is 0 Å². The highest BCUT2D eigenvalue weighted by Gasteiger charge is 2.18. The Kier molecular flexibility index (Phi) is 6.29. The van der Waals surface area contributed by atoms with Crippen LogP contribution in [0.1, 0.15) is 0 Å². The van der Waals surface area contributed by atoms with E-state index in [1.165, 1.54) is 12.1 Å². The lowest BCUT2D eigenvalue weighted by Gasteiger charge is -2.36. The summed E-state index contributed by atoms with van der Waals surface area (Å²) in [5, 5.41) is 0. The van der Waals surface area contributed by atoms with Gasteiger partial charge in [-0.2, -0.15) is 0 Å². The number of nitrogens with zero attached hydrogens (tertiary/aromatic N) is 2. The highest BCUT2D eigenvalue weighted by molar-refractivity contribution is 9.10. The van der Waals surface area contributed by atoms with Gasteiger partial charge in [0.1, 0.15) is 5.82 Å². The molecule has 5 nitrogen and oxygen atoms in total. The number of hydrogen-bond acceptors (Lipinski definition) is 4. The number of halogens is 2. The second kappa shape index (κ2) is 8.47. The van der Waals surface area contributed by atoms with Crippen LogP contribution in [0.5, 0.6) is 0 Å². The molecule has 140 valence electrons. The molecule has 3 rings (SSSR count). The van der Waals surface area contributed by atoms with Gasteiger partial charge in [-0.15, -0.1) is 0 Å². The molecule has 1 N–H and O–H groups in total. The summed E-state index contributed by atoms with van der Waals surface area (Å²) in [6.07, 6.45) is 0. The highest BCUT2D eigenvalue weighted by Crippen LogP contribution is 2.17. The molecule has 0 atom stereocenters. The summed E-state index contributed by atoms with van der Waals surface area (Å²) in [7, 11) is -3.48. The lowest BCUT2D eigenvalue weighted by atomic mass is 10.2. The molecule has 0 aromatic heterocycles. The third kappa shape index (κ3) is 5.03. The van der Waals surface area contributed by atoms with Crippen LogP contribution >= 0.6 is 15.9 Å². The van der Waals surface area contributed by atoms with E-state index >= 15 is 0 Å². The molecule has 1 aliphatic rings. The fourth-order valence-electron chi connectivity index (χ4n) is 2.92. The predicted molar refractivity (Wildman–Crippen MR) is 104 cm³/mol. The lowest BCUT2D eigenvalue weighted by Crippen LogP contribution is -2.48. The van der Waals surface area contributed by atoms with E-state index in [0.29, 0.717) is 13.1 Å². The number of anilines is 1. The summed E-state index contributed by atoms with van der Waals surface area (Å²) >= 11 is 3.30. The maximum Gasteiger partial charge on any atom is 0.240 e. The van der Waals surface area contributed by atoms with Crippen molar-refractivity contribution in [1.82, 2.24) is 9.62 Å². The molecule has 1 aliphatic heterocycles. The minimum absolute atomic E-state index is 0.231. The molecule has 0 aliphatic carbocycles. The van der Waals surface area contributed by atoms with Gasteiger partial charge in [-0.05, 0) is 48.5 Å². The molecule has 26 heavy (non-hydrogen) atoms. The van der Waals surface area contributed by atoms with Crippen molar-refractivity contribution in [1.29, 1.82) is 0 Å². The molecule has 0 bridgehead atoms. The summed E-state index contributed by atoms with van der Waals surface area (Å²) in [6.45, 7) is 4.40. The number of sulfonamides is 1. The van der Waals surface area contributed by atoms with Gasteiger partial charge in [-0.25, -0.2) is 17.5 Å². The zero-order valence-corrected chi connectivity index (χ0v) is 16.6. The van der Waals surface area contributed by atoms with Gasteiger partial charge in [0.2, 0.25) is 10.0 Å². The Morgan fingerprint density at radius 1 is 0.962 bits per heavy atom. The average molecular weight is 442 g/mol. The molecular formula is C18H21BrFN3O2S. The van der Waals surface area contributed by atoms with Crippen LogP contribution in [0.15, 0.2) is 57.9 Å². The summed E-state index contributed by atoms with van der Waals surface area (Å²) in [5.74, 6) is -0.231. The summed E-state index contributed by atoms with van der Waals surface area (Å²) in [6, 6.07) is 13.1. The molecule has 8 heteroatoms. The molecule has 2 aromatic rings. The van der Waals surface area contributed by atoms with Crippen molar-refractivity contribution in [2.24, 2.45) is 0 Å². The number of benzene rings is 2. The van der Waals surface area contributed by atoms with Gasteiger partial charge < -0.3 is 4.90 Å². The van der Waals surface area contributed by atoms with E-state index in [9.17, 15) is 12.8 Å². The van der Waals surface area contributed by atoms with E-state index in [1.807, 2.05) is 0 Å². The Balaban J connectivity index is 1.45. The molecule has 1 heterocycles. The van der Waals surface area contributed by atoms with E-state index in [1.54, 1.807) is 36.4 Å². The van der Waals surface area contributed by atoms with Gasteiger partial charge in [0.15, 0.2) is 0 Å². The molecule has 0 amide bonds. The topological polar surface area (TPSA) is 52.7 Å². The zero-order valence-electron chi connectivity index (χ0n) is 14.2. The van der Waals surface area contributed by atoms with E-state index in [4.69, 9.17) is 0 Å². The van der Waals surface area contributed by atoms with Crippen LogP contribution < -0.4 is 9.62 Å². The van der Waals surface area contributed by atoms with Gasteiger partial charge in [-0.1, -0.05) is 15.9 Å². The number of rotatable bonds is 6. The second-order valence-corrected chi connectivity index (χ2v) is 8.84. The quantitative estimate of drug-likeness (QED) is 0.748. The molecule has 2 aromatic carbocycles. The van der Waals surface area contributed by atoms with Crippen molar-refractivity contribution < 1.29 is 12.8 Å². The van der Waals surface area contributed by atoms with Crippen molar-refractivity contribution in [2.75, 3.05) is 44.2 Å². The number of hydrogen-bond donors (Lipinski definition) is 1. The maximum atomic E-state index is 13.0. The Morgan fingerprint density at radius 3 is 2.19 bits per heavy atom. The van der Waals surface area contributed by atoms with Gasteiger partial charge in [0.25, 0.3) is 0 Å². The van der Waals surface area contributed by atoms with E-state index in [-0.39, 0.29) is 10.7 Å². The van der Waals surface area contributed by atoms with Crippen LogP contribution in [0.2, 0.25) is 0 Å². The van der Waals surface area contributed by atoms with E-state index < -0.39 is 10.0 Å². The van der Waals surface area contributed by atoms with Crippen molar-refractivity contribution in [3.8, 4) is 0 Å². The maximum absolute atomic E-state index is 13.0. The minimum atomic E-state index is -3.48. The van der Waals surface area contributed by atoms with Gasteiger partial charge >= 0.3 is 0 Å². The summed E-state index contributed by atoms with van der Waals surface area (Å²) in [5.41, 5.74) is 1.02. The normalized spacial score (nSPS) is 16.0. The second-order valence-electron chi connectivity index (χ2n) is 6.16. The summed E-state index contributed by atoms with van der Waals surface area (Å²) < 4.78 is 41.0. The first kappa shape index (κ1) is 19.3. The van der Waals surface area contributed by atoms with Crippen molar-refractivity contribution in [3.63, 3.8) is 0 Å². The fourth-order valence-corrected chi connectivity index (χ4v) is 4.20. The SMILES string of the molecule is O=S(=O)(NCCN1CCN(c2ccc(F)cc2)CC1)c1ccc(Br)cc1. The largest absolute Gasteiger partial charge is 0.369 e. The van der Waals surface area contributed by atoms with Crippen LogP contribution in [0, 0.1) is 5.82 Å². The highest BCUT2D eigenvalue weighted by atomic mass is 79.9. The lowest BCUT2D eigenvalue weighted by molar-refractivity contribution is 0.262. The Bertz CT molecular complexity index is 821. The van der Waals surface area contributed by atoms with E-state index in [2.05, 4.69) is 30.5 Å². The first-order valence-electron chi connectivity index (χ1n) is 8.42. The Morgan fingerprint density at radius 2 is 1.58 bits per heavy atom. The average Bonchev–Trinajstić information content (AvgIpc) is 2.63. The smallest absolute Gasteiger partial charge is 0.240 e. The van der Waals surface area contributed by atoms with Gasteiger partial charge in [-0.3, -0.25) is 4.90 Å². The first-order valence-corrected chi connectivity index (χ1v) is 10.7. The van der Waals surface area contributed by atoms with Crippen LogP contribution in [-0.4, -0.2) is 52.6 Å². The number of piperazine rings is 1. The third-order valence-electron chi connectivity index (χ3n) is 4.41. The molecular weight excluding hydrogens is 421 g/mol. The fraction of sp³-hybridized carbons (Fsp3) is 0.333. The van der Waals surface area contributed by atoms with Crippen LogP contribution in [0.4, 0.5) is 10.1 Å². The van der Waals surface area contributed by atoms with Crippen molar-refractivity contribution in [3.05, 3.63) is 58.8 Å². The van der Waals surface area contributed by atoms with Gasteiger partial charge in [0, 0.05) is 49.4 Å². The molecule has 0 spiro atoms. The molecule has 1 fully saturated rings. The zero-order chi connectivity index (χ0) is 18.6. The number of nitrogens with one attached hydrogen (secondary N) is 1. The molecule has 1 saturated heterocycles. The van der Waals surface area contributed by atoms with Crippen LogP contribution in [-0.2, 0) is 10.0 Å². The Labute approximate surface area is 162 Å². The first-order chi connectivity index (χ1) is 12.4. The van der Waals surface area contributed by atoms with E-state index in [0.717, 1.165) is 36.3 Å². The van der Waals surface area contributed by atoms with Crippen molar-refractivity contribution in [2.45, 2.75) is 4.90 Å². The van der Waals surface area contributed by atoms with Crippen LogP contribution in [0.25, 0.3) is 0 Å². The molecule has 0 radical (unpaired) electrons. The summed E-state index contributed by atoms with van der Waals surface area (Å²) in [4.78, 5) is 4.70.